The topological polar surface area (TPSA) is 128 Å². The van der Waals surface area contributed by atoms with Crippen LogP contribution in [-0.2, 0) is 19.6 Å². The van der Waals surface area contributed by atoms with Crippen molar-refractivity contribution in [2.24, 2.45) is 17.3 Å². The van der Waals surface area contributed by atoms with Crippen molar-refractivity contribution in [1.29, 1.82) is 0 Å². The molecule has 1 saturated carbocycles. The van der Waals surface area contributed by atoms with E-state index in [1.807, 2.05) is 64.6 Å². The maximum Gasteiger partial charge on any atom is 0.309 e. The molecule has 3 aromatic rings. The molecule has 0 radical (unpaired) electrons. The van der Waals surface area contributed by atoms with Gasteiger partial charge in [0.05, 0.1) is 28.7 Å². The number of esters is 1. The number of amides is 1. The van der Waals surface area contributed by atoms with Gasteiger partial charge in [0, 0.05) is 23.2 Å². The third-order valence-electron chi connectivity index (χ3n) is 9.09. The summed E-state index contributed by atoms with van der Waals surface area (Å²) < 4.78 is 41.9. The zero-order chi connectivity index (χ0) is 34.3. The molecule has 1 N–H and O–H groups in total. The first-order valence-corrected chi connectivity index (χ1v) is 17.8. The number of hydrogen-bond acceptors (Lipinski definition) is 8. The van der Waals surface area contributed by atoms with Crippen LogP contribution in [0.1, 0.15) is 82.3 Å². The van der Waals surface area contributed by atoms with Crippen molar-refractivity contribution in [3.8, 4) is 17.1 Å². The molecule has 1 aliphatic heterocycles. The second-order valence-corrected chi connectivity index (χ2v) is 15.9. The molecule has 0 spiro atoms. The van der Waals surface area contributed by atoms with E-state index in [1.54, 1.807) is 18.2 Å². The number of carbonyl (C=O) groups excluding carboxylic acids is 2. The lowest BCUT2D eigenvalue weighted by Crippen LogP contribution is -2.50. The van der Waals surface area contributed by atoms with Crippen molar-refractivity contribution in [3.63, 3.8) is 0 Å². The number of aromatic nitrogens is 2. The predicted octanol–water partition coefficient (Wildman–Crippen LogP) is 6.57. The highest BCUT2D eigenvalue weighted by molar-refractivity contribution is 7.92. The average Bonchev–Trinajstić information content (AvgIpc) is 3.29. The molecule has 47 heavy (non-hydrogen) atoms. The molecule has 3 atom stereocenters. The van der Waals surface area contributed by atoms with Gasteiger partial charge < -0.3 is 14.4 Å². The molecule has 1 aliphatic carbocycles. The third kappa shape index (κ3) is 7.45. The number of ether oxygens (including phenoxy) is 2. The highest BCUT2D eigenvalue weighted by Crippen LogP contribution is 2.46. The fourth-order valence-electron chi connectivity index (χ4n) is 7.00. The van der Waals surface area contributed by atoms with Crippen molar-refractivity contribution >= 4 is 27.8 Å². The van der Waals surface area contributed by atoms with Crippen LogP contribution in [0.25, 0.3) is 11.3 Å². The zero-order valence-electron chi connectivity index (χ0n) is 28.5. The van der Waals surface area contributed by atoms with E-state index in [2.05, 4.69) is 28.5 Å². The lowest BCUT2D eigenvalue weighted by molar-refractivity contribution is -0.155. The van der Waals surface area contributed by atoms with Crippen molar-refractivity contribution in [2.75, 3.05) is 11.3 Å². The molecular weight excluding hydrogens is 616 g/mol. The van der Waals surface area contributed by atoms with Crippen LogP contribution in [0.5, 0.6) is 5.88 Å². The molecule has 2 heterocycles. The molecule has 1 fully saturated rings. The van der Waals surface area contributed by atoms with Crippen LogP contribution >= 0.6 is 0 Å². The first-order valence-electron chi connectivity index (χ1n) is 16.3. The molecule has 1 aromatic heterocycles. The summed E-state index contributed by atoms with van der Waals surface area (Å²) in [5.74, 6) is -0.735. The number of aryl methyl sites for hydroxylation is 2. The maximum atomic E-state index is 14.6. The monoisotopic (exact) mass is 662 g/mol. The van der Waals surface area contributed by atoms with Crippen molar-refractivity contribution in [1.82, 2.24) is 14.9 Å². The number of benzene rings is 2. The maximum absolute atomic E-state index is 14.6. The minimum absolute atomic E-state index is 0.0864. The Morgan fingerprint density at radius 3 is 2.40 bits per heavy atom. The lowest BCUT2D eigenvalue weighted by Gasteiger charge is -2.38. The highest BCUT2D eigenvalue weighted by Gasteiger charge is 2.49. The van der Waals surface area contributed by atoms with Crippen LogP contribution < -0.4 is 9.46 Å². The molecule has 252 valence electrons. The lowest BCUT2D eigenvalue weighted by atomic mass is 9.82. The fraction of sp³-hybridized carbons (Fsp3) is 0.500. The SMILES string of the molecule is Cc1cccc(C)c1-c1cc2nc(n1)NS(=O)(=O)c1cccc(c1)C(=O)N([C@H]1CC(C(=O)OC(C)C)C(C)(C)C1)[C@H](CC(C)C)CO2. The van der Waals surface area contributed by atoms with Gasteiger partial charge in [-0.25, -0.2) is 18.1 Å². The Kier molecular flexibility index (Phi) is 9.69. The minimum Gasteiger partial charge on any atom is -0.475 e. The summed E-state index contributed by atoms with van der Waals surface area (Å²) in [6, 6.07) is 12.9. The van der Waals surface area contributed by atoms with Crippen molar-refractivity contribution < 1.29 is 27.5 Å². The Morgan fingerprint density at radius 1 is 1.06 bits per heavy atom. The van der Waals surface area contributed by atoms with E-state index in [0.717, 1.165) is 16.7 Å². The van der Waals surface area contributed by atoms with Crippen LogP contribution in [0.2, 0.25) is 0 Å². The smallest absolute Gasteiger partial charge is 0.309 e. The Morgan fingerprint density at radius 2 is 1.74 bits per heavy atom. The molecule has 11 heteroatoms. The Bertz CT molecular complexity index is 1750. The molecule has 2 aromatic carbocycles. The first-order chi connectivity index (χ1) is 22.1. The molecule has 2 aliphatic rings. The molecule has 1 amide bonds. The summed E-state index contributed by atoms with van der Waals surface area (Å²) in [4.78, 5) is 38.7. The second-order valence-electron chi connectivity index (χ2n) is 14.2. The van der Waals surface area contributed by atoms with E-state index in [9.17, 15) is 18.0 Å². The zero-order valence-corrected chi connectivity index (χ0v) is 29.3. The normalized spacial score (nSPS) is 22.1. The summed E-state index contributed by atoms with van der Waals surface area (Å²) in [5.41, 5.74) is 3.11. The quantitative estimate of drug-likeness (QED) is 0.294. The number of nitrogens with one attached hydrogen (secondary N) is 1. The Labute approximate surface area is 278 Å². The number of carbonyl (C=O) groups is 2. The molecular formula is C36H46N4O6S. The fourth-order valence-corrected chi connectivity index (χ4v) is 7.99. The average molecular weight is 663 g/mol. The van der Waals surface area contributed by atoms with Crippen LogP contribution in [0.15, 0.2) is 53.4 Å². The molecule has 1 unspecified atom stereocenters. The van der Waals surface area contributed by atoms with Crippen LogP contribution in [0, 0.1) is 31.1 Å². The standard InChI is InChI=1S/C36H46N4O6S/c1-21(2)15-27-20-45-31-18-30(32-23(5)11-9-12-24(32)6)37-35(38-31)39-47(43,44)28-14-10-13-25(16-28)33(41)40(27)26-17-29(36(7,8)19-26)34(42)46-22(3)4/h9-14,16,18,21-22,26-27,29H,15,17,19-20H2,1-8H3,(H,37,38,39)/t26-,27+,29?/m0/s1. The van der Waals surface area contributed by atoms with E-state index in [1.165, 1.54) is 12.1 Å². The van der Waals surface area contributed by atoms with E-state index in [4.69, 9.17) is 9.47 Å². The number of hydrogen-bond donors (Lipinski definition) is 1. The third-order valence-corrected chi connectivity index (χ3v) is 10.4. The van der Waals surface area contributed by atoms with E-state index >= 15 is 0 Å². The van der Waals surface area contributed by atoms with Crippen molar-refractivity contribution in [2.45, 2.75) is 97.7 Å². The Hall–Kier alpha value is -3.99. The van der Waals surface area contributed by atoms with Crippen LogP contribution in [-0.4, -0.2) is 60.0 Å². The second kappa shape index (κ2) is 13.3. The highest BCUT2D eigenvalue weighted by atomic mass is 32.2. The van der Waals surface area contributed by atoms with Gasteiger partial charge in [0.15, 0.2) is 0 Å². The summed E-state index contributed by atoms with van der Waals surface area (Å²) >= 11 is 0. The summed E-state index contributed by atoms with van der Waals surface area (Å²) in [6.07, 6.45) is 1.35. The summed E-state index contributed by atoms with van der Waals surface area (Å²) in [5, 5.41) is 0. The van der Waals surface area contributed by atoms with Crippen LogP contribution in [0.4, 0.5) is 5.95 Å². The minimum atomic E-state index is -4.18. The summed E-state index contributed by atoms with van der Waals surface area (Å²) in [7, 11) is -4.18. The van der Waals surface area contributed by atoms with Gasteiger partial charge in [-0.1, -0.05) is 52.0 Å². The van der Waals surface area contributed by atoms with E-state index in [0.29, 0.717) is 25.0 Å². The molecule has 5 rings (SSSR count). The van der Waals surface area contributed by atoms with Gasteiger partial charge in [-0.05, 0) is 87.6 Å². The van der Waals surface area contributed by atoms with E-state index < -0.39 is 27.4 Å². The van der Waals surface area contributed by atoms with Gasteiger partial charge in [-0.2, -0.15) is 4.98 Å². The predicted molar refractivity (Wildman–Crippen MR) is 181 cm³/mol. The van der Waals surface area contributed by atoms with Crippen molar-refractivity contribution in [3.05, 3.63) is 65.2 Å². The molecule has 10 nitrogen and oxygen atoms in total. The number of anilines is 1. The van der Waals surface area contributed by atoms with Gasteiger partial charge >= 0.3 is 5.97 Å². The van der Waals surface area contributed by atoms with Gasteiger partial charge in [0.25, 0.3) is 15.9 Å². The van der Waals surface area contributed by atoms with Gasteiger partial charge in [0.2, 0.25) is 11.8 Å². The number of nitrogens with zero attached hydrogens (tertiary/aromatic N) is 3. The number of fused-ring (bicyclic) bond motifs is 4. The molecule has 4 bridgehead atoms. The summed E-state index contributed by atoms with van der Waals surface area (Å²) in [6.45, 7) is 16.0. The van der Waals surface area contributed by atoms with Gasteiger partial charge in [-0.15, -0.1) is 0 Å². The van der Waals surface area contributed by atoms with Gasteiger partial charge in [0.1, 0.15) is 6.61 Å². The number of rotatable bonds is 6. The Balaban J connectivity index is 1.65. The number of sulfonamides is 1. The molecule has 0 saturated heterocycles. The first kappa shape index (κ1) is 34.3. The van der Waals surface area contributed by atoms with Crippen LogP contribution in [0.3, 0.4) is 0 Å². The van der Waals surface area contributed by atoms with Gasteiger partial charge in [-0.3, -0.25) is 9.59 Å². The largest absolute Gasteiger partial charge is 0.475 e. The van der Waals surface area contributed by atoms with E-state index in [-0.39, 0.29) is 58.8 Å².